The van der Waals surface area contributed by atoms with Crippen LogP contribution in [-0.4, -0.2) is 27.3 Å². The number of rotatable bonds is 4. The van der Waals surface area contributed by atoms with Crippen molar-refractivity contribution in [1.29, 1.82) is 0 Å². The highest BCUT2D eigenvalue weighted by molar-refractivity contribution is 7.99. The number of benzene rings is 3. The van der Waals surface area contributed by atoms with Crippen LogP contribution in [0.1, 0.15) is 12.5 Å². The monoisotopic (exact) mass is 463 g/mol. The van der Waals surface area contributed by atoms with E-state index in [1.54, 1.807) is 29.2 Å². The first kappa shape index (κ1) is 21.3. The summed E-state index contributed by atoms with van der Waals surface area (Å²) < 4.78 is 29.3. The largest absolute Gasteiger partial charge is 0.308 e. The van der Waals surface area contributed by atoms with E-state index in [0.717, 1.165) is 46.1 Å². The summed E-state index contributed by atoms with van der Waals surface area (Å²) >= 11 is 1.06. The molecule has 0 aliphatic carbocycles. The number of amides is 1. The summed E-state index contributed by atoms with van der Waals surface area (Å²) in [6, 6.07) is 17.5. The first-order valence-corrected chi connectivity index (χ1v) is 11.4. The minimum atomic E-state index is -0.885. The first-order valence-electron chi connectivity index (χ1n) is 10.4. The van der Waals surface area contributed by atoms with Crippen LogP contribution < -0.4 is 10.5 Å². The predicted octanol–water partition coefficient (Wildman–Crippen LogP) is 4.73. The fourth-order valence-electron chi connectivity index (χ4n) is 4.23. The van der Waals surface area contributed by atoms with Crippen molar-refractivity contribution in [3.8, 4) is 5.69 Å². The van der Waals surface area contributed by atoms with Crippen molar-refractivity contribution in [1.82, 2.24) is 9.55 Å². The molecule has 1 atom stereocenters. The Kier molecular flexibility index (Phi) is 5.46. The highest BCUT2D eigenvalue weighted by Crippen LogP contribution is 2.33. The SMILES string of the molecule is CC1Cc2ccccc2N1C(=O)CSc1nc2ccccc2c(=O)n1-c1ccc(F)cc1F. The van der Waals surface area contributed by atoms with Gasteiger partial charge in [-0.25, -0.2) is 13.8 Å². The summed E-state index contributed by atoms with van der Waals surface area (Å²) in [6.07, 6.45) is 0.770. The number of para-hydroxylation sites is 2. The first-order chi connectivity index (χ1) is 15.9. The van der Waals surface area contributed by atoms with E-state index < -0.39 is 17.2 Å². The Morgan fingerprint density at radius 2 is 1.82 bits per heavy atom. The van der Waals surface area contributed by atoms with Crippen molar-refractivity contribution in [3.05, 3.63) is 94.3 Å². The third-order valence-electron chi connectivity index (χ3n) is 5.70. The molecule has 0 bridgehead atoms. The van der Waals surface area contributed by atoms with E-state index >= 15 is 0 Å². The molecule has 1 aliphatic heterocycles. The summed E-state index contributed by atoms with van der Waals surface area (Å²) in [6.45, 7) is 1.99. The summed E-state index contributed by atoms with van der Waals surface area (Å²) in [7, 11) is 0. The van der Waals surface area contributed by atoms with Crippen molar-refractivity contribution in [3.63, 3.8) is 0 Å². The van der Waals surface area contributed by atoms with Gasteiger partial charge < -0.3 is 4.90 Å². The Labute approximate surface area is 192 Å². The molecule has 5 nitrogen and oxygen atoms in total. The number of carbonyl (C=O) groups is 1. The second kappa shape index (κ2) is 8.44. The van der Waals surface area contributed by atoms with Crippen molar-refractivity contribution < 1.29 is 13.6 Å². The molecule has 0 radical (unpaired) electrons. The summed E-state index contributed by atoms with van der Waals surface area (Å²) in [4.78, 5) is 32.7. The Morgan fingerprint density at radius 3 is 2.64 bits per heavy atom. The molecule has 1 amide bonds. The number of fused-ring (bicyclic) bond motifs is 2. The zero-order valence-corrected chi connectivity index (χ0v) is 18.5. The molecular formula is C25H19F2N3O2S. The van der Waals surface area contributed by atoms with Gasteiger partial charge in [0.05, 0.1) is 22.3 Å². The average Bonchev–Trinajstić information content (AvgIpc) is 3.14. The molecule has 0 spiro atoms. The van der Waals surface area contributed by atoms with Gasteiger partial charge in [-0.3, -0.25) is 14.2 Å². The van der Waals surface area contributed by atoms with E-state index in [2.05, 4.69) is 4.98 Å². The molecule has 0 saturated heterocycles. The van der Waals surface area contributed by atoms with E-state index in [1.165, 1.54) is 6.07 Å². The lowest BCUT2D eigenvalue weighted by molar-refractivity contribution is -0.116. The number of hydrogen-bond acceptors (Lipinski definition) is 4. The van der Waals surface area contributed by atoms with Crippen molar-refractivity contribution in [2.24, 2.45) is 0 Å². The quantitative estimate of drug-likeness (QED) is 0.324. The van der Waals surface area contributed by atoms with Crippen LogP contribution in [0, 0.1) is 11.6 Å². The van der Waals surface area contributed by atoms with Crippen molar-refractivity contribution >= 4 is 34.3 Å². The van der Waals surface area contributed by atoms with Gasteiger partial charge in [0, 0.05) is 17.8 Å². The van der Waals surface area contributed by atoms with Gasteiger partial charge in [-0.15, -0.1) is 0 Å². The smallest absolute Gasteiger partial charge is 0.266 e. The minimum absolute atomic E-state index is 0.00622. The topological polar surface area (TPSA) is 55.2 Å². The Hall–Kier alpha value is -3.52. The number of aromatic nitrogens is 2. The van der Waals surface area contributed by atoms with Crippen molar-refractivity contribution in [2.45, 2.75) is 24.5 Å². The maximum absolute atomic E-state index is 14.6. The third kappa shape index (κ3) is 3.80. The van der Waals surface area contributed by atoms with E-state index in [0.29, 0.717) is 10.9 Å². The molecule has 33 heavy (non-hydrogen) atoms. The van der Waals surface area contributed by atoms with E-state index in [9.17, 15) is 18.4 Å². The van der Waals surface area contributed by atoms with Gasteiger partial charge in [-0.05, 0) is 49.2 Å². The van der Waals surface area contributed by atoms with Gasteiger partial charge in [0.2, 0.25) is 5.91 Å². The number of carbonyl (C=O) groups excluding carboxylic acids is 1. The van der Waals surface area contributed by atoms with Crippen molar-refractivity contribution in [2.75, 3.05) is 10.7 Å². The number of hydrogen-bond donors (Lipinski definition) is 0. The predicted molar refractivity (Wildman–Crippen MR) is 125 cm³/mol. The molecule has 1 aromatic heterocycles. The molecule has 166 valence electrons. The average molecular weight is 464 g/mol. The summed E-state index contributed by atoms with van der Waals surface area (Å²) in [5, 5.41) is 0.469. The summed E-state index contributed by atoms with van der Waals surface area (Å²) in [5.74, 6) is -1.76. The lowest BCUT2D eigenvalue weighted by Crippen LogP contribution is -2.37. The molecule has 4 aromatic rings. The van der Waals surface area contributed by atoms with Gasteiger partial charge in [-0.1, -0.05) is 42.1 Å². The molecule has 5 rings (SSSR count). The Balaban J connectivity index is 1.54. The Morgan fingerprint density at radius 1 is 1.06 bits per heavy atom. The lowest BCUT2D eigenvalue weighted by Gasteiger charge is -2.23. The maximum atomic E-state index is 14.6. The van der Waals surface area contributed by atoms with Crippen LogP contribution in [0.3, 0.4) is 0 Å². The zero-order chi connectivity index (χ0) is 23.1. The molecule has 0 fully saturated rings. The molecular weight excluding hydrogens is 444 g/mol. The molecule has 0 N–H and O–H groups in total. The van der Waals surface area contributed by atoms with Crippen LogP contribution >= 0.6 is 11.8 Å². The summed E-state index contributed by atoms with van der Waals surface area (Å²) in [5.41, 5.74) is 1.83. The molecule has 3 aromatic carbocycles. The van der Waals surface area contributed by atoms with Crippen LogP contribution in [-0.2, 0) is 11.2 Å². The molecule has 2 heterocycles. The number of halogens is 2. The molecule has 1 unspecified atom stereocenters. The molecule has 1 aliphatic rings. The van der Waals surface area contributed by atoms with Crippen LogP contribution in [0.25, 0.3) is 16.6 Å². The standard InChI is InChI=1S/C25H19F2N3O2S/c1-15-12-16-6-2-5-9-21(16)29(15)23(31)14-33-25-28-20-8-4-3-7-18(20)24(32)30(25)22-11-10-17(26)13-19(22)27/h2-11,13,15H,12,14H2,1H3. The van der Waals surface area contributed by atoms with Crippen LogP contribution in [0.5, 0.6) is 0 Å². The van der Waals surface area contributed by atoms with E-state index in [1.807, 2.05) is 31.2 Å². The molecule has 0 saturated carbocycles. The Bertz CT molecular complexity index is 1450. The second-order valence-corrected chi connectivity index (χ2v) is 8.82. The highest BCUT2D eigenvalue weighted by atomic mass is 32.2. The van der Waals surface area contributed by atoms with E-state index in [-0.39, 0.29) is 28.5 Å². The number of nitrogens with zero attached hydrogens (tertiary/aromatic N) is 3. The fraction of sp³-hybridized carbons (Fsp3) is 0.160. The number of anilines is 1. The maximum Gasteiger partial charge on any atom is 0.266 e. The van der Waals surface area contributed by atoms with Gasteiger partial charge in [0.1, 0.15) is 11.6 Å². The normalized spacial score (nSPS) is 15.1. The van der Waals surface area contributed by atoms with Gasteiger partial charge in [-0.2, -0.15) is 0 Å². The van der Waals surface area contributed by atoms with Crippen LogP contribution in [0.15, 0.2) is 76.7 Å². The van der Waals surface area contributed by atoms with Gasteiger partial charge in [0.25, 0.3) is 5.56 Å². The molecule has 8 heteroatoms. The third-order valence-corrected chi connectivity index (χ3v) is 6.62. The van der Waals surface area contributed by atoms with Crippen LogP contribution in [0.2, 0.25) is 0 Å². The highest BCUT2D eigenvalue weighted by Gasteiger charge is 2.30. The second-order valence-electron chi connectivity index (χ2n) is 7.88. The lowest BCUT2D eigenvalue weighted by atomic mass is 10.1. The van der Waals surface area contributed by atoms with Gasteiger partial charge in [0.15, 0.2) is 5.16 Å². The van der Waals surface area contributed by atoms with Crippen LogP contribution in [0.4, 0.5) is 14.5 Å². The number of thioether (sulfide) groups is 1. The van der Waals surface area contributed by atoms with E-state index in [4.69, 9.17) is 0 Å². The zero-order valence-electron chi connectivity index (χ0n) is 17.7. The fourth-order valence-corrected chi connectivity index (χ4v) is 5.09. The van der Waals surface area contributed by atoms with Gasteiger partial charge >= 0.3 is 0 Å². The minimum Gasteiger partial charge on any atom is -0.308 e.